The molecule has 3 N–H and O–H groups in total. The minimum absolute atomic E-state index is 0.166. The first-order valence-electron chi connectivity index (χ1n) is 5.77. The minimum atomic E-state index is -0.725. The summed E-state index contributed by atoms with van der Waals surface area (Å²) in [5.74, 6) is 1.49. The van der Waals surface area contributed by atoms with Crippen LogP contribution in [0.25, 0.3) is 0 Å². The molecule has 1 aliphatic heterocycles. The van der Waals surface area contributed by atoms with Gasteiger partial charge in [0, 0.05) is 25.7 Å². The summed E-state index contributed by atoms with van der Waals surface area (Å²) in [5.41, 5.74) is 6.02. The molecule has 6 heteroatoms. The van der Waals surface area contributed by atoms with Crippen molar-refractivity contribution in [2.45, 2.75) is 13.0 Å². The Labute approximate surface area is 100 Å². The fourth-order valence-electron chi connectivity index (χ4n) is 1.82. The number of rotatable bonds is 3. The van der Waals surface area contributed by atoms with E-state index >= 15 is 0 Å². The molecule has 0 amide bonds. The third-order valence-corrected chi connectivity index (χ3v) is 2.74. The largest absolute Gasteiger partial charge is 0.385 e. The van der Waals surface area contributed by atoms with E-state index in [0.29, 0.717) is 24.7 Å². The SMILES string of the molecule is Cc1nc(C(O)CN)cc(N2CCOCC2)n1. The molecule has 0 bridgehead atoms. The Hall–Kier alpha value is -1.24. The van der Waals surface area contributed by atoms with Crippen molar-refractivity contribution >= 4 is 5.82 Å². The van der Waals surface area contributed by atoms with Crippen LogP contribution in [-0.2, 0) is 4.74 Å². The van der Waals surface area contributed by atoms with Crippen LogP contribution in [0.2, 0.25) is 0 Å². The van der Waals surface area contributed by atoms with Gasteiger partial charge in [-0.1, -0.05) is 0 Å². The monoisotopic (exact) mass is 238 g/mol. The standard InChI is InChI=1S/C11H18N4O2/c1-8-13-9(10(16)7-12)6-11(14-8)15-2-4-17-5-3-15/h6,10,16H,2-5,7,12H2,1H3. The minimum Gasteiger partial charge on any atom is -0.385 e. The van der Waals surface area contributed by atoms with E-state index in [4.69, 9.17) is 10.5 Å². The molecule has 94 valence electrons. The van der Waals surface area contributed by atoms with Gasteiger partial charge in [-0.05, 0) is 6.92 Å². The molecular formula is C11H18N4O2. The van der Waals surface area contributed by atoms with Crippen LogP contribution in [0.4, 0.5) is 5.82 Å². The summed E-state index contributed by atoms with van der Waals surface area (Å²) in [6, 6.07) is 1.80. The predicted octanol–water partition coefficient (Wildman–Crippen LogP) is -0.386. The summed E-state index contributed by atoms with van der Waals surface area (Å²) in [5, 5.41) is 9.72. The van der Waals surface area contributed by atoms with Crippen molar-refractivity contribution in [1.29, 1.82) is 0 Å². The Balaban J connectivity index is 2.24. The summed E-state index contributed by atoms with van der Waals surface area (Å²) in [6.45, 7) is 5.02. The highest BCUT2D eigenvalue weighted by Gasteiger charge is 2.16. The maximum absolute atomic E-state index is 9.72. The topological polar surface area (TPSA) is 84.5 Å². The number of hydrogen-bond donors (Lipinski definition) is 2. The first kappa shape index (κ1) is 12.2. The van der Waals surface area contributed by atoms with Gasteiger partial charge in [-0.25, -0.2) is 9.97 Å². The van der Waals surface area contributed by atoms with Crippen LogP contribution in [0.5, 0.6) is 0 Å². The van der Waals surface area contributed by atoms with E-state index in [0.717, 1.165) is 18.9 Å². The highest BCUT2D eigenvalue weighted by Crippen LogP contribution is 2.18. The quantitative estimate of drug-likeness (QED) is 0.746. The van der Waals surface area contributed by atoms with Crippen molar-refractivity contribution in [2.75, 3.05) is 37.7 Å². The number of aliphatic hydroxyl groups excluding tert-OH is 1. The lowest BCUT2D eigenvalue weighted by molar-refractivity contribution is 0.122. The number of aliphatic hydroxyl groups is 1. The van der Waals surface area contributed by atoms with Gasteiger partial charge in [0.1, 0.15) is 17.7 Å². The number of hydrogen-bond acceptors (Lipinski definition) is 6. The third-order valence-electron chi connectivity index (χ3n) is 2.74. The first-order chi connectivity index (χ1) is 8.20. The summed E-state index contributed by atoms with van der Waals surface area (Å²) in [7, 11) is 0. The van der Waals surface area contributed by atoms with Crippen LogP contribution in [0.1, 0.15) is 17.6 Å². The maximum Gasteiger partial charge on any atom is 0.132 e. The summed E-state index contributed by atoms with van der Waals surface area (Å²) < 4.78 is 5.30. The molecule has 2 heterocycles. The number of aryl methyl sites for hydroxylation is 1. The molecule has 1 aliphatic rings. The molecule has 0 aliphatic carbocycles. The molecule has 6 nitrogen and oxygen atoms in total. The average molecular weight is 238 g/mol. The van der Waals surface area contributed by atoms with Crippen LogP contribution in [0.15, 0.2) is 6.07 Å². The molecular weight excluding hydrogens is 220 g/mol. The van der Waals surface area contributed by atoms with E-state index in [1.54, 1.807) is 6.07 Å². The van der Waals surface area contributed by atoms with E-state index in [9.17, 15) is 5.11 Å². The van der Waals surface area contributed by atoms with Crippen molar-refractivity contribution in [3.8, 4) is 0 Å². The smallest absolute Gasteiger partial charge is 0.132 e. The maximum atomic E-state index is 9.72. The van der Waals surface area contributed by atoms with Crippen LogP contribution in [-0.4, -0.2) is 47.9 Å². The zero-order valence-electron chi connectivity index (χ0n) is 9.96. The Kier molecular flexibility index (Phi) is 3.88. The van der Waals surface area contributed by atoms with E-state index in [2.05, 4.69) is 14.9 Å². The van der Waals surface area contributed by atoms with Gasteiger partial charge >= 0.3 is 0 Å². The van der Waals surface area contributed by atoms with Gasteiger partial charge in [0.05, 0.1) is 18.9 Å². The van der Waals surface area contributed by atoms with Gasteiger partial charge in [0.2, 0.25) is 0 Å². The Bertz CT molecular complexity index is 380. The molecule has 1 atom stereocenters. The van der Waals surface area contributed by atoms with E-state index in [-0.39, 0.29) is 6.54 Å². The molecule has 0 radical (unpaired) electrons. The normalized spacial score (nSPS) is 18.2. The third kappa shape index (κ3) is 2.91. The highest BCUT2D eigenvalue weighted by molar-refractivity contribution is 5.40. The number of nitrogens with zero attached hydrogens (tertiary/aromatic N) is 3. The zero-order chi connectivity index (χ0) is 12.3. The molecule has 2 rings (SSSR count). The number of ether oxygens (including phenoxy) is 1. The molecule has 17 heavy (non-hydrogen) atoms. The summed E-state index contributed by atoms with van der Waals surface area (Å²) >= 11 is 0. The van der Waals surface area contributed by atoms with Crippen molar-refractivity contribution in [2.24, 2.45) is 5.73 Å². The van der Waals surface area contributed by atoms with E-state index in [1.165, 1.54) is 0 Å². The lowest BCUT2D eigenvalue weighted by Crippen LogP contribution is -2.37. The van der Waals surface area contributed by atoms with Gasteiger partial charge in [-0.3, -0.25) is 0 Å². The molecule has 1 saturated heterocycles. The number of aromatic nitrogens is 2. The zero-order valence-corrected chi connectivity index (χ0v) is 9.96. The van der Waals surface area contributed by atoms with Crippen LogP contribution in [0.3, 0.4) is 0 Å². The van der Waals surface area contributed by atoms with Crippen molar-refractivity contribution < 1.29 is 9.84 Å². The van der Waals surface area contributed by atoms with Crippen LogP contribution >= 0.6 is 0 Å². The lowest BCUT2D eigenvalue weighted by atomic mass is 10.2. The lowest BCUT2D eigenvalue weighted by Gasteiger charge is -2.28. The van der Waals surface area contributed by atoms with Crippen molar-refractivity contribution in [3.63, 3.8) is 0 Å². The molecule has 1 aromatic rings. The van der Waals surface area contributed by atoms with Gasteiger partial charge in [-0.15, -0.1) is 0 Å². The molecule has 1 unspecified atom stereocenters. The highest BCUT2D eigenvalue weighted by atomic mass is 16.5. The second kappa shape index (κ2) is 5.39. The predicted molar refractivity (Wildman–Crippen MR) is 63.8 cm³/mol. The van der Waals surface area contributed by atoms with E-state index < -0.39 is 6.10 Å². The Morgan fingerprint density at radius 2 is 2.18 bits per heavy atom. The summed E-state index contributed by atoms with van der Waals surface area (Å²) in [6.07, 6.45) is -0.725. The molecule has 0 spiro atoms. The number of nitrogens with two attached hydrogens (primary N) is 1. The average Bonchev–Trinajstić information content (AvgIpc) is 2.38. The van der Waals surface area contributed by atoms with Gasteiger partial charge in [-0.2, -0.15) is 0 Å². The Morgan fingerprint density at radius 1 is 1.47 bits per heavy atom. The number of morpholine rings is 1. The molecule has 0 aromatic carbocycles. The second-order valence-electron chi connectivity index (χ2n) is 4.05. The molecule has 0 saturated carbocycles. The molecule has 1 fully saturated rings. The first-order valence-corrected chi connectivity index (χ1v) is 5.77. The van der Waals surface area contributed by atoms with E-state index in [1.807, 2.05) is 6.92 Å². The van der Waals surface area contributed by atoms with Crippen molar-refractivity contribution in [3.05, 3.63) is 17.6 Å². The number of anilines is 1. The summed E-state index contributed by atoms with van der Waals surface area (Å²) in [4.78, 5) is 10.7. The van der Waals surface area contributed by atoms with Gasteiger partial charge in [0.25, 0.3) is 0 Å². The fourth-order valence-corrected chi connectivity index (χ4v) is 1.82. The fraction of sp³-hybridized carbons (Fsp3) is 0.636. The molecule has 1 aromatic heterocycles. The Morgan fingerprint density at radius 3 is 2.82 bits per heavy atom. The van der Waals surface area contributed by atoms with Crippen LogP contribution in [0, 0.1) is 6.92 Å². The van der Waals surface area contributed by atoms with Crippen LogP contribution < -0.4 is 10.6 Å². The van der Waals surface area contributed by atoms with Gasteiger partial charge in [0.15, 0.2) is 0 Å². The van der Waals surface area contributed by atoms with Crippen molar-refractivity contribution in [1.82, 2.24) is 9.97 Å². The van der Waals surface area contributed by atoms with Gasteiger partial charge < -0.3 is 20.5 Å². The second-order valence-corrected chi connectivity index (χ2v) is 4.05.